The van der Waals surface area contributed by atoms with Gasteiger partial charge < -0.3 is 15.7 Å². The molecule has 2 amide bonds. The summed E-state index contributed by atoms with van der Waals surface area (Å²) in [6.45, 7) is 4.42. The van der Waals surface area contributed by atoms with E-state index in [-0.39, 0.29) is 24.4 Å². The summed E-state index contributed by atoms with van der Waals surface area (Å²) in [6, 6.07) is 0.0155. The molecule has 2 unspecified atom stereocenters. The fourth-order valence-corrected chi connectivity index (χ4v) is 2.85. The van der Waals surface area contributed by atoms with E-state index >= 15 is 0 Å². The summed E-state index contributed by atoms with van der Waals surface area (Å²) in [6.07, 6.45) is 7.07. The average Bonchev–Trinajstić information content (AvgIpc) is 2.44. The zero-order valence-electron chi connectivity index (χ0n) is 12.7. The molecular formula is C15H28N2O3. The monoisotopic (exact) mass is 284 g/mol. The van der Waals surface area contributed by atoms with Crippen LogP contribution in [0.15, 0.2) is 0 Å². The molecule has 0 aliphatic heterocycles. The maximum atomic E-state index is 11.8. The van der Waals surface area contributed by atoms with Crippen LogP contribution in [0.5, 0.6) is 0 Å². The number of hydrogen-bond acceptors (Lipinski definition) is 2. The number of carboxylic acids is 1. The third kappa shape index (κ3) is 6.26. The smallest absolute Gasteiger partial charge is 0.315 e. The van der Waals surface area contributed by atoms with Gasteiger partial charge in [0.15, 0.2) is 0 Å². The molecule has 20 heavy (non-hydrogen) atoms. The molecule has 1 rings (SSSR count). The Hall–Kier alpha value is -1.26. The first-order chi connectivity index (χ1) is 9.52. The van der Waals surface area contributed by atoms with E-state index in [0.717, 1.165) is 6.42 Å². The molecule has 0 aromatic rings. The summed E-state index contributed by atoms with van der Waals surface area (Å²) in [5.41, 5.74) is 0. The minimum absolute atomic E-state index is 0.00300. The van der Waals surface area contributed by atoms with Crippen molar-refractivity contribution in [2.75, 3.05) is 6.54 Å². The first kappa shape index (κ1) is 16.8. The van der Waals surface area contributed by atoms with E-state index in [1.807, 2.05) is 6.92 Å². The molecule has 1 aliphatic carbocycles. The number of rotatable bonds is 7. The Morgan fingerprint density at radius 2 is 1.90 bits per heavy atom. The SMILES string of the molecule is CCC(CNC(=O)NC(C)C1CCCCC1)CC(=O)O. The lowest BCUT2D eigenvalue weighted by Gasteiger charge is -2.28. The maximum absolute atomic E-state index is 11.8. The van der Waals surface area contributed by atoms with Gasteiger partial charge in [0.05, 0.1) is 0 Å². The molecule has 5 heteroatoms. The lowest BCUT2D eigenvalue weighted by Crippen LogP contribution is -2.45. The fourth-order valence-electron chi connectivity index (χ4n) is 2.85. The van der Waals surface area contributed by atoms with E-state index in [4.69, 9.17) is 5.11 Å². The molecule has 0 saturated heterocycles. The van der Waals surface area contributed by atoms with Crippen LogP contribution in [0.25, 0.3) is 0 Å². The Balaban J connectivity index is 2.26. The van der Waals surface area contributed by atoms with Gasteiger partial charge in [-0.05, 0) is 31.6 Å². The highest BCUT2D eigenvalue weighted by Crippen LogP contribution is 2.26. The van der Waals surface area contributed by atoms with E-state index in [2.05, 4.69) is 17.6 Å². The van der Waals surface area contributed by atoms with Crippen molar-refractivity contribution in [2.24, 2.45) is 11.8 Å². The first-order valence-electron chi connectivity index (χ1n) is 7.79. The summed E-state index contributed by atoms with van der Waals surface area (Å²) in [5, 5.41) is 14.5. The Morgan fingerprint density at radius 3 is 2.45 bits per heavy atom. The van der Waals surface area contributed by atoms with Gasteiger partial charge in [-0.15, -0.1) is 0 Å². The number of nitrogens with one attached hydrogen (secondary N) is 2. The van der Waals surface area contributed by atoms with Gasteiger partial charge >= 0.3 is 12.0 Å². The van der Waals surface area contributed by atoms with Crippen molar-refractivity contribution in [1.29, 1.82) is 0 Å². The normalized spacial score (nSPS) is 19.1. The molecule has 1 fully saturated rings. The van der Waals surface area contributed by atoms with Gasteiger partial charge in [0.1, 0.15) is 0 Å². The van der Waals surface area contributed by atoms with Crippen LogP contribution in [0.1, 0.15) is 58.8 Å². The molecule has 3 N–H and O–H groups in total. The van der Waals surface area contributed by atoms with Gasteiger partial charge in [-0.3, -0.25) is 4.79 Å². The molecule has 0 aromatic heterocycles. The van der Waals surface area contributed by atoms with Crippen LogP contribution in [0.2, 0.25) is 0 Å². The van der Waals surface area contributed by atoms with Crippen molar-refractivity contribution in [3.05, 3.63) is 0 Å². The van der Waals surface area contributed by atoms with Crippen LogP contribution < -0.4 is 10.6 Å². The summed E-state index contributed by atoms with van der Waals surface area (Å²) in [5.74, 6) is -0.228. The topological polar surface area (TPSA) is 78.4 Å². The van der Waals surface area contributed by atoms with E-state index in [1.54, 1.807) is 0 Å². The summed E-state index contributed by atoms with van der Waals surface area (Å²) >= 11 is 0. The van der Waals surface area contributed by atoms with Crippen molar-refractivity contribution in [3.63, 3.8) is 0 Å². The number of carbonyl (C=O) groups is 2. The number of hydrogen-bond donors (Lipinski definition) is 3. The standard InChI is InChI=1S/C15H28N2O3/c1-3-12(9-14(18)19)10-16-15(20)17-11(2)13-7-5-4-6-8-13/h11-13H,3-10H2,1-2H3,(H,18,19)(H2,16,17,20). The van der Waals surface area contributed by atoms with Gasteiger partial charge in [0.2, 0.25) is 0 Å². The number of urea groups is 1. The predicted octanol–water partition coefficient (Wildman–Crippen LogP) is 2.76. The third-order valence-electron chi connectivity index (χ3n) is 4.31. The van der Waals surface area contributed by atoms with Gasteiger partial charge in [0.25, 0.3) is 0 Å². The highest BCUT2D eigenvalue weighted by molar-refractivity contribution is 5.74. The summed E-state index contributed by atoms with van der Waals surface area (Å²) in [4.78, 5) is 22.5. The van der Waals surface area contributed by atoms with Crippen LogP contribution >= 0.6 is 0 Å². The average molecular weight is 284 g/mol. The van der Waals surface area contributed by atoms with Crippen molar-refractivity contribution in [3.8, 4) is 0 Å². The van der Waals surface area contributed by atoms with Gasteiger partial charge in [-0.1, -0.05) is 32.6 Å². The minimum Gasteiger partial charge on any atom is -0.481 e. The van der Waals surface area contributed by atoms with Gasteiger partial charge in [-0.25, -0.2) is 4.79 Å². The minimum atomic E-state index is -0.811. The number of carbonyl (C=O) groups excluding carboxylic acids is 1. The summed E-state index contributed by atoms with van der Waals surface area (Å²) < 4.78 is 0. The molecule has 0 spiro atoms. The molecule has 0 radical (unpaired) electrons. The largest absolute Gasteiger partial charge is 0.481 e. The number of amides is 2. The van der Waals surface area contributed by atoms with Crippen LogP contribution in [0.3, 0.4) is 0 Å². The van der Waals surface area contributed by atoms with Crippen LogP contribution in [-0.4, -0.2) is 29.7 Å². The Bertz CT molecular complexity index is 314. The highest BCUT2D eigenvalue weighted by atomic mass is 16.4. The fraction of sp³-hybridized carbons (Fsp3) is 0.867. The zero-order valence-corrected chi connectivity index (χ0v) is 12.7. The van der Waals surface area contributed by atoms with Crippen molar-refractivity contribution in [1.82, 2.24) is 10.6 Å². The molecule has 5 nitrogen and oxygen atoms in total. The molecule has 1 saturated carbocycles. The second-order valence-electron chi connectivity index (χ2n) is 5.91. The third-order valence-corrected chi connectivity index (χ3v) is 4.31. The lowest BCUT2D eigenvalue weighted by atomic mass is 9.85. The van der Waals surface area contributed by atoms with E-state index < -0.39 is 5.97 Å². The van der Waals surface area contributed by atoms with Crippen LogP contribution in [0.4, 0.5) is 4.79 Å². The Labute approximate surface area is 121 Å². The maximum Gasteiger partial charge on any atom is 0.315 e. The molecule has 0 heterocycles. The molecule has 2 atom stereocenters. The second-order valence-corrected chi connectivity index (χ2v) is 5.91. The number of aliphatic carboxylic acids is 1. The summed E-state index contributed by atoms with van der Waals surface area (Å²) in [7, 11) is 0. The van der Waals surface area contributed by atoms with Gasteiger partial charge in [0, 0.05) is 19.0 Å². The molecule has 0 aromatic carbocycles. The van der Waals surface area contributed by atoms with Crippen LogP contribution in [-0.2, 0) is 4.79 Å². The quantitative estimate of drug-likeness (QED) is 0.672. The zero-order chi connectivity index (χ0) is 15.0. The Morgan fingerprint density at radius 1 is 1.25 bits per heavy atom. The van der Waals surface area contributed by atoms with E-state index in [0.29, 0.717) is 12.5 Å². The molecule has 0 bridgehead atoms. The Kier molecular flexibility index (Phi) is 7.41. The van der Waals surface area contributed by atoms with Crippen molar-refractivity contribution in [2.45, 2.75) is 64.8 Å². The van der Waals surface area contributed by atoms with E-state index in [1.165, 1.54) is 32.1 Å². The second kappa shape index (κ2) is 8.82. The van der Waals surface area contributed by atoms with Gasteiger partial charge in [-0.2, -0.15) is 0 Å². The first-order valence-corrected chi connectivity index (χ1v) is 7.79. The predicted molar refractivity (Wildman–Crippen MR) is 78.6 cm³/mol. The lowest BCUT2D eigenvalue weighted by molar-refractivity contribution is -0.138. The number of carboxylic acid groups (broad SMARTS) is 1. The molecular weight excluding hydrogens is 256 g/mol. The molecule has 1 aliphatic rings. The van der Waals surface area contributed by atoms with Crippen LogP contribution in [0, 0.1) is 11.8 Å². The van der Waals surface area contributed by atoms with E-state index in [9.17, 15) is 9.59 Å². The van der Waals surface area contributed by atoms with Crippen molar-refractivity contribution < 1.29 is 14.7 Å². The highest BCUT2D eigenvalue weighted by Gasteiger charge is 2.21. The van der Waals surface area contributed by atoms with Crippen molar-refractivity contribution >= 4 is 12.0 Å². The molecule has 116 valence electrons.